The monoisotopic (exact) mass is 493 g/mol. The highest BCUT2D eigenvalue weighted by atomic mass is 16.2. The normalized spacial score (nSPS) is 14.1. The summed E-state index contributed by atoms with van der Waals surface area (Å²) in [4.78, 5) is 38.6. The maximum Gasteiger partial charge on any atom is 0.278 e. The predicted molar refractivity (Wildman–Crippen MR) is 143 cm³/mol. The highest BCUT2D eigenvalue weighted by Crippen LogP contribution is 2.28. The van der Waals surface area contributed by atoms with Crippen LogP contribution in [0.4, 0.5) is 5.82 Å². The number of nitrogens with one attached hydrogen (secondary N) is 3. The molecule has 9 nitrogen and oxygen atoms in total. The van der Waals surface area contributed by atoms with Crippen LogP contribution in [0.3, 0.4) is 0 Å². The predicted octanol–water partition coefficient (Wildman–Crippen LogP) is 3.51. The fourth-order valence-electron chi connectivity index (χ4n) is 4.10. The molecular weight excluding hydrogens is 466 g/mol. The molecule has 5 N–H and O–H groups in total. The number of fused-ring (bicyclic) bond motifs is 1. The number of aromatic nitrogens is 3. The minimum Gasteiger partial charge on any atom is -0.368 e. The molecule has 37 heavy (non-hydrogen) atoms. The molecule has 2 aromatic heterocycles. The van der Waals surface area contributed by atoms with Gasteiger partial charge in [0.2, 0.25) is 5.91 Å². The summed E-state index contributed by atoms with van der Waals surface area (Å²) in [5.74, 6) is 0.723. The van der Waals surface area contributed by atoms with Crippen LogP contribution >= 0.6 is 0 Å². The smallest absolute Gasteiger partial charge is 0.278 e. The van der Waals surface area contributed by atoms with Gasteiger partial charge in [-0.3, -0.25) is 14.5 Å². The molecule has 3 heterocycles. The maximum absolute atomic E-state index is 13.4. The second-order valence-electron chi connectivity index (χ2n) is 8.76. The van der Waals surface area contributed by atoms with Crippen LogP contribution in [0.15, 0.2) is 91.3 Å². The Kier molecular flexibility index (Phi) is 6.53. The molecule has 0 spiro atoms. The zero-order chi connectivity index (χ0) is 25.8. The molecule has 2 aromatic carbocycles. The van der Waals surface area contributed by atoms with Gasteiger partial charge in [0.15, 0.2) is 5.82 Å². The van der Waals surface area contributed by atoms with Crippen molar-refractivity contribution in [3.05, 3.63) is 103 Å². The highest BCUT2D eigenvalue weighted by Gasteiger charge is 2.26. The molecule has 0 aliphatic carbocycles. The Bertz CT molecular complexity index is 1480. The van der Waals surface area contributed by atoms with E-state index in [1.165, 1.54) is 11.8 Å². The molecule has 0 saturated carbocycles. The molecule has 1 aliphatic rings. The van der Waals surface area contributed by atoms with Gasteiger partial charge in [-0.2, -0.15) is 0 Å². The lowest BCUT2D eigenvalue weighted by atomic mass is 9.89. The molecule has 9 heteroatoms. The molecule has 1 aliphatic heterocycles. The molecule has 0 radical (unpaired) electrons. The average molecular weight is 494 g/mol. The Morgan fingerprint density at radius 3 is 2.32 bits per heavy atom. The van der Waals surface area contributed by atoms with Gasteiger partial charge < -0.3 is 21.4 Å². The van der Waals surface area contributed by atoms with E-state index >= 15 is 0 Å². The third kappa shape index (κ3) is 5.12. The lowest BCUT2D eigenvalue weighted by Gasteiger charge is -2.28. The fraction of sp³-hybridized carbons (Fsp3) is 0.143. The van der Waals surface area contributed by atoms with Crippen LogP contribution in [0, 0.1) is 0 Å². The van der Waals surface area contributed by atoms with Gasteiger partial charge >= 0.3 is 0 Å². The number of anilines is 1. The SMILES string of the molecule is CC(=O)NCCNc1nc(-c2ccccc2)nc2[nH]c(C(=O)N3C=CC(N)(c4ccccc4)C=C3)cc12. The summed E-state index contributed by atoms with van der Waals surface area (Å²) in [5.41, 5.74) is 8.41. The second-order valence-corrected chi connectivity index (χ2v) is 8.76. The fourth-order valence-corrected chi connectivity index (χ4v) is 4.10. The number of carbonyl (C=O) groups excluding carboxylic acids is 2. The molecule has 0 unspecified atom stereocenters. The number of nitrogens with zero attached hydrogens (tertiary/aromatic N) is 3. The van der Waals surface area contributed by atoms with Crippen LogP contribution in [0.2, 0.25) is 0 Å². The number of hydrogen-bond donors (Lipinski definition) is 4. The number of carbonyl (C=O) groups is 2. The van der Waals surface area contributed by atoms with Crippen molar-refractivity contribution in [3.8, 4) is 11.4 Å². The van der Waals surface area contributed by atoms with Crippen molar-refractivity contribution < 1.29 is 9.59 Å². The minimum absolute atomic E-state index is 0.106. The third-order valence-corrected chi connectivity index (χ3v) is 6.07. The van der Waals surface area contributed by atoms with Crippen LogP contribution in [0.5, 0.6) is 0 Å². The summed E-state index contributed by atoms with van der Waals surface area (Å²) >= 11 is 0. The Labute approximate surface area is 214 Å². The van der Waals surface area contributed by atoms with Gasteiger partial charge in [-0.05, 0) is 23.8 Å². The molecule has 2 amide bonds. The molecule has 0 fully saturated rings. The molecule has 0 bridgehead atoms. The molecule has 0 saturated heterocycles. The van der Waals surface area contributed by atoms with E-state index in [0.29, 0.717) is 41.5 Å². The molecule has 0 atom stereocenters. The van der Waals surface area contributed by atoms with Crippen LogP contribution in [0.25, 0.3) is 22.4 Å². The molecule has 4 aromatic rings. The van der Waals surface area contributed by atoms with E-state index in [4.69, 9.17) is 10.7 Å². The number of amides is 2. The van der Waals surface area contributed by atoms with E-state index in [9.17, 15) is 9.59 Å². The largest absolute Gasteiger partial charge is 0.368 e. The molecule has 5 rings (SSSR count). The van der Waals surface area contributed by atoms with Crippen LogP contribution in [-0.4, -0.2) is 44.8 Å². The summed E-state index contributed by atoms with van der Waals surface area (Å²) in [7, 11) is 0. The zero-order valence-electron chi connectivity index (χ0n) is 20.3. The van der Waals surface area contributed by atoms with E-state index in [1.54, 1.807) is 30.6 Å². The van der Waals surface area contributed by atoms with Gasteiger partial charge in [0, 0.05) is 38.0 Å². The van der Waals surface area contributed by atoms with E-state index in [1.807, 2.05) is 60.7 Å². The lowest BCUT2D eigenvalue weighted by Crippen LogP contribution is -2.36. The number of benzene rings is 2. The van der Waals surface area contributed by atoms with E-state index in [2.05, 4.69) is 20.6 Å². The third-order valence-electron chi connectivity index (χ3n) is 6.07. The number of H-pyrrole nitrogens is 1. The van der Waals surface area contributed by atoms with Crippen molar-refractivity contribution in [2.75, 3.05) is 18.4 Å². The molecule has 186 valence electrons. The second kappa shape index (κ2) is 10.1. The van der Waals surface area contributed by atoms with Gasteiger partial charge in [-0.1, -0.05) is 60.7 Å². The van der Waals surface area contributed by atoms with Crippen LogP contribution in [-0.2, 0) is 10.3 Å². The topological polar surface area (TPSA) is 129 Å². The van der Waals surface area contributed by atoms with Crippen molar-refractivity contribution >= 4 is 28.7 Å². The average Bonchev–Trinajstić information content (AvgIpc) is 3.36. The van der Waals surface area contributed by atoms with Gasteiger partial charge in [0.1, 0.15) is 17.2 Å². The van der Waals surface area contributed by atoms with Crippen molar-refractivity contribution in [1.29, 1.82) is 0 Å². The van der Waals surface area contributed by atoms with Gasteiger partial charge in [-0.25, -0.2) is 9.97 Å². The summed E-state index contributed by atoms with van der Waals surface area (Å²) in [6.45, 7) is 2.37. The first-order chi connectivity index (χ1) is 17.9. The standard InChI is InChI=1S/C28H27N7O2/c1-19(36)30-14-15-31-25-22-18-23(32-26(22)34-24(33-25)20-8-4-2-5-9-20)27(37)35-16-12-28(29,13-17-35)21-10-6-3-7-11-21/h2-13,16-18H,14-15,29H2,1H3,(H,30,36)(H2,31,32,33,34). The van der Waals surface area contributed by atoms with Crippen LogP contribution < -0.4 is 16.4 Å². The first-order valence-electron chi connectivity index (χ1n) is 11.9. The Balaban J connectivity index is 1.43. The number of hydrogen-bond acceptors (Lipinski definition) is 6. The van der Waals surface area contributed by atoms with Crippen molar-refractivity contribution in [3.63, 3.8) is 0 Å². The quantitative estimate of drug-likeness (QED) is 0.292. The number of nitrogens with two attached hydrogens (primary N) is 1. The van der Waals surface area contributed by atoms with Crippen LogP contribution in [0.1, 0.15) is 23.0 Å². The zero-order valence-corrected chi connectivity index (χ0v) is 20.3. The Morgan fingerprint density at radius 1 is 0.973 bits per heavy atom. The van der Waals surface area contributed by atoms with Crippen molar-refractivity contribution in [2.45, 2.75) is 12.5 Å². The summed E-state index contributed by atoms with van der Waals surface area (Å²) in [5, 5.41) is 6.69. The first kappa shape index (κ1) is 24.0. The minimum atomic E-state index is -0.792. The van der Waals surface area contributed by atoms with Crippen molar-refractivity contribution in [1.82, 2.24) is 25.2 Å². The Morgan fingerprint density at radius 2 is 1.65 bits per heavy atom. The first-order valence-corrected chi connectivity index (χ1v) is 11.9. The van der Waals surface area contributed by atoms with Gasteiger partial charge in [0.05, 0.1) is 10.9 Å². The summed E-state index contributed by atoms with van der Waals surface area (Å²) in [6, 6.07) is 21.0. The Hall–Kier alpha value is -4.76. The van der Waals surface area contributed by atoms with Gasteiger partial charge in [0.25, 0.3) is 5.91 Å². The van der Waals surface area contributed by atoms with E-state index in [-0.39, 0.29) is 11.8 Å². The number of rotatable bonds is 7. The summed E-state index contributed by atoms with van der Waals surface area (Å²) in [6.07, 6.45) is 6.94. The summed E-state index contributed by atoms with van der Waals surface area (Å²) < 4.78 is 0. The van der Waals surface area contributed by atoms with E-state index in [0.717, 1.165) is 11.1 Å². The van der Waals surface area contributed by atoms with E-state index < -0.39 is 5.54 Å². The highest BCUT2D eigenvalue weighted by molar-refractivity contribution is 6.01. The van der Waals surface area contributed by atoms with Gasteiger partial charge in [-0.15, -0.1) is 0 Å². The van der Waals surface area contributed by atoms with Crippen molar-refractivity contribution in [2.24, 2.45) is 5.73 Å². The maximum atomic E-state index is 13.4. The molecular formula is C28H27N7O2. The number of aromatic amines is 1. The lowest BCUT2D eigenvalue weighted by molar-refractivity contribution is -0.118.